The number of benzene rings is 1. The average Bonchev–Trinajstić information content (AvgIpc) is 2.40. The minimum Gasteiger partial charge on any atom is -0.356 e. The van der Waals surface area contributed by atoms with E-state index in [0.717, 1.165) is 31.4 Å². The molecule has 1 rings (SSSR count). The van der Waals surface area contributed by atoms with Crippen molar-refractivity contribution in [3.63, 3.8) is 0 Å². The number of aliphatic imine (C=N–C) groups is 1. The minimum absolute atomic E-state index is 0. The van der Waals surface area contributed by atoms with Gasteiger partial charge in [-0.3, -0.25) is 4.99 Å². The maximum atomic E-state index is 13.1. The molecule has 0 aliphatic rings. The van der Waals surface area contributed by atoms with Gasteiger partial charge in [-0.15, -0.1) is 24.0 Å². The zero-order valence-electron chi connectivity index (χ0n) is 12.8. The number of hydrogen-bond acceptors (Lipinski definition) is 1. The van der Waals surface area contributed by atoms with Gasteiger partial charge in [0.05, 0.1) is 0 Å². The van der Waals surface area contributed by atoms with Gasteiger partial charge in [-0.05, 0) is 30.5 Å². The number of nitrogens with zero attached hydrogens (tertiary/aromatic N) is 2. The molecular formula is C15H24F2IN3. The minimum atomic E-state index is -0.538. The number of unbranched alkanes of at least 4 members (excludes halogenated alkanes) is 1. The maximum Gasteiger partial charge on any atom is 0.193 e. The molecule has 0 bridgehead atoms. The van der Waals surface area contributed by atoms with Crippen LogP contribution in [0.15, 0.2) is 23.2 Å². The summed E-state index contributed by atoms with van der Waals surface area (Å²) in [5, 5.41) is 3.20. The van der Waals surface area contributed by atoms with Crippen LogP contribution in [0.1, 0.15) is 25.3 Å². The van der Waals surface area contributed by atoms with Crippen molar-refractivity contribution in [3.8, 4) is 0 Å². The first-order valence-electron chi connectivity index (χ1n) is 6.93. The van der Waals surface area contributed by atoms with Crippen molar-refractivity contribution in [1.29, 1.82) is 0 Å². The summed E-state index contributed by atoms with van der Waals surface area (Å²) in [4.78, 5) is 6.24. The van der Waals surface area contributed by atoms with Gasteiger partial charge in [-0.1, -0.05) is 13.3 Å². The molecule has 0 aliphatic carbocycles. The summed E-state index contributed by atoms with van der Waals surface area (Å²) in [5.41, 5.74) is 0.640. The fourth-order valence-corrected chi connectivity index (χ4v) is 1.96. The molecule has 0 fully saturated rings. The molecule has 0 aliphatic heterocycles. The topological polar surface area (TPSA) is 27.6 Å². The standard InChI is InChI=1S/C15H23F2N3.HI/c1-4-5-8-20(3)15(18-2)19-7-6-12-9-13(16)11-14(17)10-12;/h9-11H,4-8H2,1-3H3,(H,18,19);1H. The average molecular weight is 411 g/mol. The second kappa shape index (κ2) is 10.8. The Morgan fingerprint density at radius 2 is 1.86 bits per heavy atom. The van der Waals surface area contributed by atoms with Crippen LogP contribution >= 0.6 is 24.0 Å². The highest BCUT2D eigenvalue weighted by Crippen LogP contribution is 2.08. The van der Waals surface area contributed by atoms with Crippen molar-refractivity contribution in [2.75, 3.05) is 27.2 Å². The number of hydrogen-bond donors (Lipinski definition) is 1. The Balaban J connectivity index is 0.00000400. The van der Waals surface area contributed by atoms with Crippen LogP contribution in [0.25, 0.3) is 0 Å². The van der Waals surface area contributed by atoms with Crippen LogP contribution in [0.3, 0.4) is 0 Å². The van der Waals surface area contributed by atoms with Gasteiger partial charge in [-0.25, -0.2) is 8.78 Å². The molecule has 1 aromatic rings. The van der Waals surface area contributed by atoms with Crippen molar-refractivity contribution in [1.82, 2.24) is 10.2 Å². The van der Waals surface area contributed by atoms with E-state index < -0.39 is 11.6 Å². The molecular weight excluding hydrogens is 387 g/mol. The lowest BCUT2D eigenvalue weighted by atomic mass is 10.1. The zero-order chi connectivity index (χ0) is 15.0. The highest BCUT2D eigenvalue weighted by Gasteiger charge is 2.05. The van der Waals surface area contributed by atoms with Gasteiger partial charge in [0.1, 0.15) is 11.6 Å². The van der Waals surface area contributed by atoms with E-state index in [-0.39, 0.29) is 24.0 Å². The van der Waals surface area contributed by atoms with Crippen LogP contribution in [0.2, 0.25) is 0 Å². The SMILES string of the molecule is CCCCN(C)C(=NC)NCCc1cc(F)cc(F)c1.I. The lowest BCUT2D eigenvalue weighted by Gasteiger charge is -2.21. The molecule has 0 radical (unpaired) electrons. The first kappa shape index (κ1) is 20.1. The summed E-state index contributed by atoms with van der Waals surface area (Å²) in [6.45, 7) is 3.67. The lowest BCUT2D eigenvalue weighted by Crippen LogP contribution is -2.40. The third-order valence-corrected chi connectivity index (χ3v) is 3.04. The Bertz CT molecular complexity index is 432. The van der Waals surface area contributed by atoms with Crippen LogP contribution in [-0.4, -0.2) is 38.0 Å². The Morgan fingerprint density at radius 1 is 1.24 bits per heavy atom. The third kappa shape index (κ3) is 7.59. The molecule has 0 heterocycles. The van der Waals surface area contributed by atoms with Gasteiger partial charge in [0.2, 0.25) is 0 Å². The molecule has 0 atom stereocenters. The fraction of sp³-hybridized carbons (Fsp3) is 0.533. The molecule has 0 unspecified atom stereocenters. The predicted octanol–water partition coefficient (Wildman–Crippen LogP) is 3.43. The maximum absolute atomic E-state index is 13.1. The van der Waals surface area contributed by atoms with E-state index in [9.17, 15) is 8.78 Å². The molecule has 3 nitrogen and oxygen atoms in total. The largest absolute Gasteiger partial charge is 0.356 e. The van der Waals surface area contributed by atoms with Gasteiger partial charge in [-0.2, -0.15) is 0 Å². The van der Waals surface area contributed by atoms with E-state index in [2.05, 4.69) is 22.1 Å². The summed E-state index contributed by atoms with van der Waals surface area (Å²) < 4.78 is 26.1. The normalized spacial score (nSPS) is 11.0. The first-order valence-corrected chi connectivity index (χ1v) is 6.93. The van der Waals surface area contributed by atoms with Crippen LogP contribution in [-0.2, 0) is 6.42 Å². The van der Waals surface area contributed by atoms with Gasteiger partial charge >= 0.3 is 0 Å². The van der Waals surface area contributed by atoms with Crippen LogP contribution in [0.5, 0.6) is 0 Å². The monoisotopic (exact) mass is 411 g/mol. The van der Waals surface area contributed by atoms with Gasteiger partial charge < -0.3 is 10.2 Å². The molecule has 0 amide bonds. The predicted molar refractivity (Wildman–Crippen MR) is 94.4 cm³/mol. The molecule has 21 heavy (non-hydrogen) atoms. The van der Waals surface area contributed by atoms with E-state index in [1.54, 1.807) is 7.05 Å². The van der Waals surface area contributed by atoms with E-state index in [0.29, 0.717) is 18.5 Å². The molecule has 0 aromatic heterocycles. The van der Waals surface area contributed by atoms with Crippen molar-refractivity contribution >= 4 is 29.9 Å². The second-order valence-electron chi connectivity index (χ2n) is 4.78. The molecule has 0 spiro atoms. The Kier molecular flexibility index (Phi) is 10.3. The van der Waals surface area contributed by atoms with Crippen molar-refractivity contribution in [2.45, 2.75) is 26.2 Å². The van der Waals surface area contributed by atoms with E-state index >= 15 is 0 Å². The molecule has 1 N–H and O–H groups in total. The highest BCUT2D eigenvalue weighted by atomic mass is 127. The van der Waals surface area contributed by atoms with E-state index in [1.165, 1.54) is 12.1 Å². The van der Waals surface area contributed by atoms with Gasteiger partial charge in [0.15, 0.2) is 5.96 Å². The summed E-state index contributed by atoms with van der Waals surface area (Å²) >= 11 is 0. The Labute approximate surface area is 142 Å². The third-order valence-electron chi connectivity index (χ3n) is 3.04. The quantitative estimate of drug-likeness (QED) is 0.441. The van der Waals surface area contributed by atoms with Crippen LogP contribution in [0.4, 0.5) is 8.78 Å². The molecule has 6 heteroatoms. The summed E-state index contributed by atoms with van der Waals surface area (Å²) in [7, 11) is 3.71. The van der Waals surface area contributed by atoms with Gasteiger partial charge in [0, 0.05) is 33.3 Å². The number of guanidine groups is 1. The molecule has 0 saturated heterocycles. The number of halogens is 3. The summed E-state index contributed by atoms with van der Waals surface area (Å²) in [6.07, 6.45) is 2.78. The molecule has 0 saturated carbocycles. The van der Waals surface area contributed by atoms with Gasteiger partial charge in [0.25, 0.3) is 0 Å². The summed E-state index contributed by atoms with van der Waals surface area (Å²) in [5.74, 6) is -0.274. The molecule has 1 aromatic carbocycles. The highest BCUT2D eigenvalue weighted by molar-refractivity contribution is 14.0. The van der Waals surface area contributed by atoms with E-state index in [4.69, 9.17) is 0 Å². The summed E-state index contributed by atoms with van der Waals surface area (Å²) in [6, 6.07) is 3.59. The van der Waals surface area contributed by atoms with Crippen molar-refractivity contribution in [3.05, 3.63) is 35.4 Å². The van der Waals surface area contributed by atoms with Crippen LogP contribution in [0, 0.1) is 11.6 Å². The van der Waals surface area contributed by atoms with Crippen molar-refractivity contribution < 1.29 is 8.78 Å². The second-order valence-corrected chi connectivity index (χ2v) is 4.78. The fourth-order valence-electron chi connectivity index (χ4n) is 1.96. The molecule has 120 valence electrons. The number of nitrogens with one attached hydrogen (secondary N) is 1. The smallest absolute Gasteiger partial charge is 0.193 e. The van der Waals surface area contributed by atoms with Crippen molar-refractivity contribution in [2.24, 2.45) is 4.99 Å². The first-order chi connectivity index (χ1) is 9.56. The zero-order valence-corrected chi connectivity index (χ0v) is 15.2. The Hall–Kier alpha value is -0.920. The number of rotatable bonds is 6. The van der Waals surface area contributed by atoms with Crippen LogP contribution < -0.4 is 5.32 Å². The van der Waals surface area contributed by atoms with E-state index in [1.807, 2.05) is 7.05 Å². The Morgan fingerprint density at radius 3 is 2.38 bits per heavy atom. The lowest BCUT2D eigenvalue weighted by molar-refractivity contribution is 0.465.